The van der Waals surface area contributed by atoms with Crippen molar-refractivity contribution in [1.82, 2.24) is 0 Å². The van der Waals surface area contributed by atoms with E-state index >= 15 is 0 Å². The third-order valence-corrected chi connectivity index (χ3v) is 3.89. The van der Waals surface area contributed by atoms with Gasteiger partial charge in [0, 0.05) is 7.11 Å². The Morgan fingerprint density at radius 1 is 0.759 bits per heavy atom. The molecule has 4 heteroatoms. The van der Waals surface area contributed by atoms with Crippen molar-refractivity contribution in [2.75, 3.05) is 20.3 Å². The van der Waals surface area contributed by atoms with E-state index in [1.165, 1.54) is 7.11 Å². The van der Waals surface area contributed by atoms with Crippen molar-refractivity contribution in [3.8, 4) is 0 Å². The van der Waals surface area contributed by atoms with Gasteiger partial charge >= 0.3 is 5.97 Å². The summed E-state index contributed by atoms with van der Waals surface area (Å²) in [6.07, 6.45) is 29.1. The van der Waals surface area contributed by atoms with Gasteiger partial charge in [0.1, 0.15) is 0 Å². The van der Waals surface area contributed by atoms with Gasteiger partial charge in [0.15, 0.2) is 0 Å². The zero-order chi connectivity index (χ0) is 21.4. The summed E-state index contributed by atoms with van der Waals surface area (Å²) in [7, 11) is 1.44. The van der Waals surface area contributed by atoms with E-state index in [2.05, 4.69) is 67.7 Å². The molecule has 0 aromatic rings. The molecule has 4 nitrogen and oxygen atoms in total. The number of carbonyl (C=O) groups excluding carboxylic acids is 1. The molecule has 0 aromatic heterocycles. The molecule has 0 rings (SSSR count). The maximum absolute atomic E-state index is 11.5. The van der Waals surface area contributed by atoms with Gasteiger partial charge in [0.05, 0.1) is 13.2 Å². The lowest BCUT2D eigenvalue weighted by Gasteiger charge is -2.14. The second kappa shape index (κ2) is 22.4. The monoisotopic (exact) mass is 404 g/mol. The van der Waals surface area contributed by atoms with E-state index in [1.54, 1.807) is 6.92 Å². The minimum Gasteiger partial charge on any atom is -0.462 e. The van der Waals surface area contributed by atoms with Gasteiger partial charge in [0.2, 0.25) is 0 Å². The van der Waals surface area contributed by atoms with Crippen LogP contribution >= 0.6 is 0 Å². The van der Waals surface area contributed by atoms with Crippen LogP contribution in [0.3, 0.4) is 0 Å². The van der Waals surface area contributed by atoms with E-state index in [-0.39, 0.29) is 0 Å². The summed E-state index contributed by atoms with van der Waals surface area (Å²) in [5, 5.41) is 0. The molecule has 0 bridgehead atoms. The Morgan fingerprint density at radius 3 is 1.76 bits per heavy atom. The van der Waals surface area contributed by atoms with Crippen LogP contribution in [0.1, 0.15) is 65.2 Å². The summed E-state index contributed by atoms with van der Waals surface area (Å²) in [5.74, 6) is -0.465. The lowest BCUT2D eigenvalue weighted by atomic mass is 10.2. The summed E-state index contributed by atoms with van der Waals surface area (Å²) in [6.45, 7) is 4.72. The van der Waals surface area contributed by atoms with Gasteiger partial charge in [-0.3, -0.25) is 0 Å². The molecule has 29 heavy (non-hydrogen) atoms. The number of esters is 1. The van der Waals surface area contributed by atoms with Crippen LogP contribution in [0.5, 0.6) is 0 Å². The number of hydrogen-bond donors (Lipinski definition) is 0. The number of unbranched alkanes of at least 4 members (excludes halogenated alkanes) is 2. The van der Waals surface area contributed by atoms with Crippen LogP contribution in [0, 0.1) is 0 Å². The normalized spacial score (nSPS) is 13.6. The lowest BCUT2D eigenvalue weighted by molar-refractivity contribution is -0.188. The summed E-state index contributed by atoms with van der Waals surface area (Å²) < 4.78 is 15.2. The van der Waals surface area contributed by atoms with E-state index in [0.29, 0.717) is 13.2 Å². The summed E-state index contributed by atoms with van der Waals surface area (Å²) in [6, 6.07) is 0. The van der Waals surface area contributed by atoms with Crippen LogP contribution in [0.15, 0.2) is 60.8 Å². The molecule has 0 spiro atoms. The van der Waals surface area contributed by atoms with Crippen molar-refractivity contribution in [2.24, 2.45) is 0 Å². The van der Waals surface area contributed by atoms with Crippen molar-refractivity contribution in [3.05, 3.63) is 60.8 Å². The number of ether oxygens (including phenoxy) is 3. The molecule has 0 aliphatic rings. The molecule has 1 atom stereocenters. The van der Waals surface area contributed by atoms with Gasteiger partial charge in [-0.15, -0.1) is 0 Å². The van der Waals surface area contributed by atoms with Gasteiger partial charge < -0.3 is 14.2 Å². The van der Waals surface area contributed by atoms with Gasteiger partial charge in [-0.1, -0.05) is 67.7 Å². The molecule has 0 heterocycles. The van der Waals surface area contributed by atoms with Crippen LogP contribution in [0.2, 0.25) is 0 Å². The zero-order valence-electron chi connectivity index (χ0n) is 18.6. The molecule has 0 saturated carbocycles. The second-order valence-corrected chi connectivity index (χ2v) is 6.39. The number of hydrogen-bond acceptors (Lipinski definition) is 4. The molecular weight excluding hydrogens is 364 g/mol. The fourth-order valence-corrected chi connectivity index (χ4v) is 2.37. The quantitative estimate of drug-likeness (QED) is 0.114. The summed E-state index contributed by atoms with van der Waals surface area (Å²) in [4.78, 5) is 11.5. The maximum Gasteiger partial charge on any atom is 0.363 e. The second-order valence-electron chi connectivity index (χ2n) is 6.39. The van der Waals surface area contributed by atoms with Crippen molar-refractivity contribution in [3.63, 3.8) is 0 Å². The van der Waals surface area contributed by atoms with Crippen LogP contribution in [0.25, 0.3) is 0 Å². The Kier molecular flexibility index (Phi) is 20.9. The first-order valence-electron chi connectivity index (χ1n) is 10.8. The standard InChI is InChI=1S/C25H40O4/c1-4-6-7-8-9-10-11-12-13-14-15-16-17-18-19-20-21-22-23-29-25(27-3)24(26)28-5-2/h6-7,9-10,12-13,15-16,18-19,25H,4-5,8,11,14,17,20-23H2,1-3H3. The van der Waals surface area contributed by atoms with Crippen LogP contribution in [-0.4, -0.2) is 32.6 Å². The van der Waals surface area contributed by atoms with Gasteiger partial charge in [0.25, 0.3) is 6.29 Å². The summed E-state index contributed by atoms with van der Waals surface area (Å²) >= 11 is 0. The molecule has 0 radical (unpaired) electrons. The van der Waals surface area contributed by atoms with Crippen molar-refractivity contribution in [2.45, 2.75) is 71.5 Å². The fraction of sp³-hybridized carbons (Fsp3) is 0.560. The first-order valence-corrected chi connectivity index (χ1v) is 10.8. The van der Waals surface area contributed by atoms with Crippen LogP contribution in [0.4, 0.5) is 0 Å². The fourth-order valence-electron chi connectivity index (χ4n) is 2.37. The third kappa shape index (κ3) is 19.2. The minimum atomic E-state index is -0.913. The van der Waals surface area contributed by atoms with Crippen molar-refractivity contribution in [1.29, 1.82) is 0 Å². The summed E-state index contributed by atoms with van der Waals surface area (Å²) in [5.41, 5.74) is 0. The Balaban J connectivity index is 3.58. The number of rotatable bonds is 18. The highest BCUT2D eigenvalue weighted by Crippen LogP contribution is 2.03. The van der Waals surface area contributed by atoms with Crippen molar-refractivity contribution >= 4 is 5.97 Å². The molecule has 0 aromatic carbocycles. The Labute approximate surface area is 178 Å². The average molecular weight is 405 g/mol. The topological polar surface area (TPSA) is 44.8 Å². The smallest absolute Gasteiger partial charge is 0.363 e. The lowest BCUT2D eigenvalue weighted by Crippen LogP contribution is -2.28. The molecule has 1 unspecified atom stereocenters. The molecule has 0 aliphatic heterocycles. The SMILES string of the molecule is CCC=CCC=CCC=CCC=CCC=CCCCCOC(OC)C(=O)OCC. The molecule has 164 valence electrons. The first-order chi connectivity index (χ1) is 14.3. The van der Waals surface area contributed by atoms with Crippen molar-refractivity contribution < 1.29 is 19.0 Å². The highest BCUT2D eigenvalue weighted by Gasteiger charge is 2.18. The number of methoxy groups -OCH3 is 1. The predicted molar refractivity (Wildman–Crippen MR) is 122 cm³/mol. The molecule has 0 N–H and O–H groups in total. The highest BCUT2D eigenvalue weighted by molar-refractivity contribution is 5.73. The third-order valence-electron chi connectivity index (χ3n) is 3.89. The van der Waals surface area contributed by atoms with E-state index in [9.17, 15) is 4.79 Å². The Hall–Kier alpha value is -1.91. The first kappa shape index (κ1) is 27.1. The van der Waals surface area contributed by atoms with E-state index in [0.717, 1.165) is 51.4 Å². The van der Waals surface area contributed by atoms with E-state index < -0.39 is 12.3 Å². The zero-order valence-corrected chi connectivity index (χ0v) is 18.6. The van der Waals surface area contributed by atoms with Crippen LogP contribution < -0.4 is 0 Å². The molecule has 0 amide bonds. The number of carbonyl (C=O) groups is 1. The molecule has 0 aliphatic carbocycles. The Bertz CT molecular complexity index is 515. The van der Waals surface area contributed by atoms with Gasteiger partial charge in [-0.2, -0.15) is 0 Å². The maximum atomic E-state index is 11.5. The van der Waals surface area contributed by atoms with Gasteiger partial charge in [-0.05, 0) is 58.3 Å². The minimum absolute atomic E-state index is 0.326. The number of allylic oxidation sites excluding steroid dienone is 10. The molecule has 0 fully saturated rings. The largest absolute Gasteiger partial charge is 0.462 e. The predicted octanol–water partition coefficient (Wildman–Crippen LogP) is 6.46. The highest BCUT2D eigenvalue weighted by atomic mass is 16.7. The van der Waals surface area contributed by atoms with Gasteiger partial charge in [-0.25, -0.2) is 4.79 Å². The van der Waals surface area contributed by atoms with Crippen LogP contribution in [-0.2, 0) is 19.0 Å². The molecule has 0 saturated heterocycles. The van der Waals surface area contributed by atoms with E-state index in [4.69, 9.17) is 14.2 Å². The average Bonchev–Trinajstić information content (AvgIpc) is 2.72. The van der Waals surface area contributed by atoms with E-state index in [1.807, 2.05) is 0 Å². The Morgan fingerprint density at radius 2 is 1.28 bits per heavy atom. The molecular formula is C25H40O4.